The van der Waals surface area contributed by atoms with E-state index in [0.29, 0.717) is 28.4 Å². The normalized spacial score (nSPS) is 12.1. The maximum Gasteiger partial charge on any atom is 0.253 e. The number of nitrogens with zero attached hydrogens (tertiary/aromatic N) is 5. The lowest BCUT2D eigenvalue weighted by molar-refractivity contribution is 0.367. The molecule has 0 saturated carbocycles. The van der Waals surface area contributed by atoms with Crippen LogP contribution in [0.5, 0.6) is 11.6 Å². The van der Waals surface area contributed by atoms with Crippen molar-refractivity contribution in [3.63, 3.8) is 0 Å². The fourth-order valence-corrected chi connectivity index (χ4v) is 4.17. The molecule has 0 saturated heterocycles. The summed E-state index contributed by atoms with van der Waals surface area (Å²) in [4.78, 5) is 8.08. The van der Waals surface area contributed by atoms with Gasteiger partial charge in [-0.05, 0) is 30.3 Å². The van der Waals surface area contributed by atoms with E-state index < -0.39 is 20.0 Å². The van der Waals surface area contributed by atoms with Crippen molar-refractivity contribution in [3.8, 4) is 34.5 Å². The molecule has 4 rings (SSSR count). The highest BCUT2D eigenvalue weighted by atomic mass is 28.4. The lowest BCUT2D eigenvalue weighted by atomic mass is 10.2. The van der Waals surface area contributed by atoms with E-state index in [1.54, 1.807) is 28.9 Å². The first-order valence-electron chi connectivity index (χ1n) is 11.0. The van der Waals surface area contributed by atoms with Crippen molar-refractivity contribution in [3.05, 3.63) is 60.0 Å². The third kappa shape index (κ3) is 5.09. The first-order chi connectivity index (χ1) is 16.5. The number of hydrogen-bond donors (Lipinski definition) is 0. The molecular formula is C24H27F2N5O3Si. The van der Waals surface area contributed by atoms with Crippen LogP contribution in [0, 0.1) is 11.6 Å². The largest absolute Gasteiger partial charge is 0.543 e. The van der Waals surface area contributed by atoms with E-state index in [1.807, 2.05) is 0 Å². The zero-order valence-corrected chi connectivity index (χ0v) is 21.5. The average molecular weight is 500 g/mol. The third-order valence-electron chi connectivity index (χ3n) is 6.14. The first-order valence-corrected chi connectivity index (χ1v) is 13.9. The molecule has 4 aromatic rings. The molecule has 0 fully saturated rings. The second-order valence-corrected chi connectivity index (χ2v) is 14.3. The van der Waals surface area contributed by atoms with Crippen molar-refractivity contribution >= 4 is 8.32 Å². The van der Waals surface area contributed by atoms with E-state index in [-0.39, 0.29) is 23.3 Å². The predicted octanol–water partition coefficient (Wildman–Crippen LogP) is 5.71. The van der Waals surface area contributed by atoms with Gasteiger partial charge in [-0.3, -0.25) is 4.68 Å². The summed E-state index contributed by atoms with van der Waals surface area (Å²) in [5.74, 6) is -0.637. The zero-order valence-electron chi connectivity index (χ0n) is 20.5. The van der Waals surface area contributed by atoms with Gasteiger partial charge in [0.05, 0.1) is 25.5 Å². The maximum absolute atomic E-state index is 15.1. The molecule has 0 unspecified atom stereocenters. The van der Waals surface area contributed by atoms with Crippen LogP contribution < -0.4 is 9.16 Å². The molecule has 3 heterocycles. The molecule has 8 nitrogen and oxygen atoms in total. The molecular weight excluding hydrogens is 472 g/mol. The second-order valence-electron chi connectivity index (χ2n) is 9.62. The Kier molecular flexibility index (Phi) is 6.45. The summed E-state index contributed by atoms with van der Waals surface area (Å²) in [6.07, 6.45) is 2.44. The summed E-state index contributed by atoms with van der Waals surface area (Å²) < 4.78 is 46.6. The van der Waals surface area contributed by atoms with Crippen LogP contribution in [0.25, 0.3) is 22.9 Å². The Balaban J connectivity index is 1.67. The van der Waals surface area contributed by atoms with Crippen molar-refractivity contribution in [2.24, 2.45) is 0 Å². The van der Waals surface area contributed by atoms with Gasteiger partial charge in [0.1, 0.15) is 29.2 Å². The highest BCUT2D eigenvalue weighted by molar-refractivity contribution is 6.74. The summed E-state index contributed by atoms with van der Waals surface area (Å²) in [6, 6.07) is 8.20. The van der Waals surface area contributed by atoms with Gasteiger partial charge in [0, 0.05) is 17.7 Å². The molecule has 0 aliphatic carbocycles. The smallest absolute Gasteiger partial charge is 0.253 e. The average Bonchev–Trinajstić information content (AvgIpc) is 3.45. The number of aromatic nitrogens is 5. The predicted molar refractivity (Wildman–Crippen MR) is 129 cm³/mol. The minimum Gasteiger partial charge on any atom is -0.543 e. The molecule has 0 bridgehead atoms. The van der Waals surface area contributed by atoms with Gasteiger partial charge in [0.25, 0.3) is 5.88 Å². The van der Waals surface area contributed by atoms with Gasteiger partial charge in [-0.2, -0.15) is 14.5 Å². The third-order valence-corrected chi connectivity index (χ3v) is 10.5. The molecule has 1 aromatic carbocycles. The van der Waals surface area contributed by atoms with Crippen LogP contribution in [-0.2, 0) is 6.54 Å². The van der Waals surface area contributed by atoms with Gasteiger partial charge < -0.3 is 13.7 Å². The van der Waals surface area contributed by atoms with Gasteiger partial charge in [0.15, 0.2) is 5.82 Å². The van der Waals surface area contributed by atoms with Crippen molar-refractivity contribution in [1.82, 2.24) is 24.9 Å². The Hall–Kier alpha value is -3.60. The van der Waals surface area contributed by atoms with Gasteiger partial charge >= 0.3 is 0 Å². The van der Waals surface area contributed by atoms with Crippen molar-refractivity contribution in [2.75, 3.05) is 7.11 Å². The lowest BCUT2D eigenvalue weighted by Crippen LogP contribution is -2.43. The quantitative estimate of drug-likeness (QED) is 0.301. The molecule has 0 atom stereocenters. The number of halogens is 2. The number of ether oxygens (including phenoxy) is 1. The minimum atomic E-state index is -2.11. The maximum atomic E-state index is 15.1. The highest BCUT2D eigenvalue weighted by Crippen LogP contribution is 2.37. The molecule has 184 valence electrons. The van der Waals surface area contributed by atoms with Crippen LogP contribution >= 0.6 is 0 Å². The monoisotopic (exact) mass is 499 g/mol. The minimum absolute atomic E-state index is 0.00872. The van der Waals surface area contributed by atoms with Crippen LogP contribution in [0.3, 0.4) is 0 Å². The van der Waals surface area contributed by atoms with Gasteiger partial charge in [0.2, 0.25) is 14.1 Å². The van der Waals surface area contributed by atoms with E-state index in [0.717, 1.165) is 6.20 Å². The molecule has 0 aliphatic rings. The summed E-state index contributed by atoms with van der Waals surface area (Å²) in [5, 5.41) is 8.50. The zero-order chi connectivity index (χ0) is 25.4. The Morgan fingerprint density at radius 2 is 1.83 bits per heavy atom. The molecule has 11 heteroatoms. The van der Waals surface area contributed by atoms with E-state index in [9.17, 15) is 4.39 Å². The molecule has 3 aromatic heterocycles. The van der Waals surface area contributed by atoms with E-state index in [1.165, 1.54) is 19.4 Å². The van der Waals surface area contributed by atoms with Crippen LogP contribution in [0.4, 0.5) is 8.78 Å². The Labute approximate surface area is 203 Å². The fraction of sp³-hybridized carbons (Fsp3) is 0.333. The Bertz CT molecular complexity index is 1330. The number of rotatable bonds is 7. The fourth-order valence-electron chi connectivity index (χ4n) is 3.14. The summed E-state index contributed by atoms with van der Waals surface area (Å²) in [6.45, 7) is 10.7. The van der Waals surface area contributed by atoms with Gasteiger partial charge in [-0.15, -0.1) is 0 Å². The van der Waals surface area contributed by atoms with Crippen LogP contribution in [-0.4, -0.2) is 40.3 Å². The lowest BCUT2D eigenvalue weighted by Gasteiger charge is -2.36. The Morgan fingerprint density at radius 1 is 1.06 bits per heavy atom. The number of methoxy groups -OCH3 is 1. The van der Waals surface area contributed by atoms with E-state index >= 15 is 4.39 Å². The van der Waals surface area contributed by atoms with Gasteiger partial charge in [-0.25, -0.2) is 9.37 Å². The van der Waals surface area contributed by atoms with Crippen molar-refractivity contribution in [1.29, 1.82) is 0 Å². The number of benzene rings is 1. The highest BCUT2D eigenvalue weighted by Gasteiger charge is 2.39. The molecule has 35 heavy (non-hydrogen) atoms. The van der Waals surface area contributed by atoms with Gasteiger partial charge in [-0.1, -0.05) is 32.0 Å². The number of hydrogen-bond acceptors (Lipinski definition) is 7. The molecule has 0 amide bonds. The standard InChI is InChI=1S/C24H27F2N5O3Si/c1-24(2,3)35(5,6)34-16-8-7-15(17(25)11-16)14-31-21(19-9-10-33-30-19)12-20(29-31)22-27-13-18(26)23(28-22)32-4/h7-13H,14H2,1-6H3. The van der Waals surface area contributed by atoms with E-state index in [2.05, 4.69) is 54.1 Å². The van der Waals surface area contributed by atoms with Crippen LogP contribution in [0.15, 0.2) is 47.3 Å². The SMILES string of the molecule is COc1nc(-c2cc(-c3ccon3)n(Cc3ccc(O[Si](C)(C)C(C)(C)C)cc3F)n2)ncc1F. The second kappa shape index (κ2) is 9.21. The first kappa shape index (κ1) is 24.5. The topological polar surface area (TPSA) is 88.1 Å². The Morgan fingerprint density at radius 3 is 2.46 bits per heavy atom. The van der Waals surface area contributed by atoms with Crippen LogP contribution in [0.2, 0.25) is 18.1 Å². The molecule has 0 spiro atoms. The molecule has 0 N–H and O–H groups in total. The van der Waals surface area contributed by atoms with E-state index in [4.69, 9.17) is 13.7 Å². The van der Waals surface area contributed by atoms with Crippen molar-refractivity contribution in [2.45, 2.75) is 45.4 Å². The van der Waals surface area contributed by atoms with Crippen LogP contribution in [0.1, 0.15) is 26.3 Å². The summed E-state index contributed by atoms with van der Waals surface area (Å²) in [5.41, 5.74) is 1.81. The van der Waals surface area contributed by atoms with Crippen molar-refractivity contribution < 1.29 is 22.5 Å². The molecule has 0 radical (unpaired) electrons. The molecule has 0 aliphatic heterocycles. The summed E-state index contributed by atoms with van der Waals surface area (Å²) in [7, 11) is -0.790. The summed E-state index contributed by atoms with van der Waals surface area (Å²) >= 11 is 0.